The molecule has 1 atom stereocenters. The van der Waals surface area contributed by atoms with Crippen molar-refractivity contribution in [3.05, 3.63) is 0 Å². The number of anilines is 3. The van der Waals surface area contributed by atoms with E-state index < -0.39 is 0 Å². The molecule has 3 rings (SSSR count). The van der Waals surface area contributed by atoms with Crippen molar-refractivity contribution in [2.24, 2.45) is 0 Å². The Morgan fingerprint density at radius 2 is 1.64 bits per heavy atom. The number of nitrogens with zero attached hydrogens (tertiary/aromatic N) is 6. The molecule has 1 saturated heterocycles. The molecule has 2 aliphatic rings. The van der Waals surface area contributed by atoms with Crippen LogP contribution in [0.1, 0.15) is 26.2 Å². The molecule has 1 aromatic heterocycles. The lowest BCUT2D eigenvalue weighted by Crippen LogP contribution is -2.58. The highest BCUT2D eigenvalue weighted by atomic mass is 16.5. The Hall–Kier alpha value is -1.63. The standard InChI is InChI=1S/C15H26N6O/c1-11-9-21(10-15(22-11)7-6-8-15)14-17-12(19(2)3)16-13(18-14)20(4)5/h11H,6-10H2,1-5H3. The van der Waals surface area contributed by atoms with Crippen molar-refractivity contribution >= 4 is 17.8 Å². The third-order valence-corrected chi connectivity index (χ3v) is 4.36. The van der Waals surface area contributed by atoms with Gasteiger partial charge in [-0.1, -0.05) is 0 Å². The smallest absolute Gasteiger partial charge is 0.232 e. The molecule has 1 aromatic rings. The minimum Gasteiger partial charge on any atom is -0.368 e. The molecule has 22 heavy (non-hydrogen) atoms. The summed E-state index contributed by atoms with van der Waals surface area (Å²) < 4.78 is 6.18. The maximum absolute atomic E-state index is 6.18. The van der Waals surface area contributed by atoms with Gasteiger partial charge < -0.3 is 19.4 Å². The summed E-state index contributed by atoms with van der Waals surface area (Å²) in [5.74, 6) is 2.13. The van der Waals surface area contributed by atoms with Gasteiger partial charge in [0.1, 0.15) is 0 Å². The van der Waals surface area contributed by atoms with Gasteiger partial charge in [-0.3, -0.25) is 0 Å². The van der Waals surface area contributed by atoms with Gasteiger partial charge in [-0.15, -0.1) is 0 Å². The van der Waals surface area contributed by atoms with Crippen LogP contribution in [0.4, 0.5) is 17.8 Å². The van der Waals surface area contributed by atoms with E-state index >= 15 is 0 Å². The molecule has 0 amide bonds. The maximum atomic E-state index is 6.18. The summed E-state index contributed by atoms with van der Waals surface area (Å²) in [4.78, 5) is 19.9. The van der Waals surface area contributed by atoms with Gasteiger partial charge in [0.15, 0.2) is 0 Å². The van der Waals surface area contributed by atoms with Gasteiger partial charge in [0.05, 0.1) is 11.7 Å². The molecule has 0 radical (unpaired) electrons. The van der Waals surface area contributed by atoms with Gasteiger partial charge >= 0.3 is 0 Å². The highest BCUT2D eigenvalue weighted by Crippen LogP contribution is 2.40. The van der Waals surface area contributed by atoms with E-state index in [1.807, 2.05) is 38.0 Å². The summed E-state index contributed by atoms with van der Waals surface area (Å²) in [5.41, 5.74) is 0.0147. The molecule has 1 spiro atoms. The largest absolute Gasteiger partial charge is 0.368 e. The van der Waals surface area contributed by atoms with E-state index in [2.05, 4.69) is 26.8 Å². The van der Waals surface area contributed by atoms with Crippen molar-refractivity contribution in [1.29, 1.82) is 0 Å². The molecule has 2 fully saturated rings. The number of rotatable bonds is 3. The molecule has 1 saturated carbocycles. The Bertz CT molecular complexity index is 517. The van der Waals surface area contributed by atoms with Crippen molar-refractivity contribution in [3.8, 4) is 0 Å². The van der Waals surface area contributed by atoms with Crippen LogP contribution in [-0.2, 0) is 4.74 Å². The van der Waals surface area contributed by atoms with E-state index in [0.717, 1.165) is 31.9 Å². The SMILES string of the molecule is CC1CN(c2nc(N(C)C)nc(N(C)C)n2)CC2(CCC2)O1. The van der Waals surface area contributed by atoms with Crippen molar-refractivity contribution < 1.29 is 4.74 Å². The van der Waals surface area contributed by atoms with Crippen LogP contribution < -0.4 is 14.7 Å². The van der Waals surface area contributed by atoms with Crippen LogP contribution >= 0.6 is 0 Å². The van der Waals surface area contributed by atoms with E-state index in [1.165, 1.54) is 6.42 Å². The fraction of sp³-hybridized carbons (Fsp3) is 0.800. The third-order valence-electron chi connectivity index (χ3n) is 4.36. The second kappa shape index (κ2) is 5.53. The highest BCUT2D eigenvalue weighted by Gasteiger charge is 2.45. The first-order valence-electron chi connectivity index (χ1n) is 7.92. The Morgan fingerprint density at radius 1 is 1.05 bits per heavy atom. The second-order valence-electron chi connectivity index (χ2n) is 6.87. The number of ether oxygens (including phenoxy) is 1. The Labute approximate surface area is 132 Å². The monoisotopic (exact) mass is 306 g/mol. The molecule has 7 nitrogen and oxygen atoms in total. The number of hydrogen-bond donors (Lipinski definition) is 0. The summed E-state index contributed by atoms with van der Waals surface area (Å²) in [5, 5.41) is 0. The number of hydrogen-bond acceptors (Lipinski definition) is 7. The average Bonchev–Trinajstić information content (AvgIpc) is 2.44. The molecule has 1 aliphatic heterocycles. The van der Waals surface area contributed by atoms with Gasteiger partial charge in [0, 0.05) is 41.3 Å². The minimum absolute atomic E-state index is 0.0147. The lowest BCUT2D eigenvalue weighted by atomic mass is 9.78. The van der Waals surface area contributed by atoms with Crippen molar-refractivity contribution in [2.75, 3.05) is 56.0 Å². The van der Waals surface area contributed by atoms with Crippen LogP contribution in [0.15, 0.2) is 0 Å². The maximum Gasteiger partial charge on any atom is 0.232 e. The Kier molecular flexibility index (Phi) is 3.84. The molecule has 0 bridgehead atoms. The Morgan fingerprint density at radius 3 is 2.09 bits per heavy atom. The minimum atomic E-state index is 0.0147. The summed E-state index contributed by atoms with van der Waals surface area (Å²) in [7, 11) is 7.81. The van der Waals surface area contributed by atoms with Crippen LogP contribution in [0.2, 0.25) is 0 Å². The van der Waals surface area contributed by atoms with Crippen LogP contribution in [0, 0.1) is 0 Å². The molecular weight excluding hydrogens is 280 g/mol. The van der Waals surface area contributed by atoms with Gasteiger partial charge in [0.25, 0.3) is 0 Å². The zero-order chi connectivity index (χ0) is 15.9. The lowest BCUT2D eigenvalue weighted by molar-refractivity contribution is -0.142. The quantitative estimate of drug-likeness (QED) is 0.830. The van der Waals surface area contributed by atoms with E-state index in [4.69, 9.17) is 4.74 Å². The molecule has 1 aliphatic carbocycles. The van der Waals surface area contributed by atoms with Gasteiger partial charge in [-0.05, 0) is 26.2 Å². The average molecular weight is 306 g/mol. The second-order valence-corrected chi connectivity index (χ2v) is 6.87. The fourth-order valence-electron chi connectivity index (χ4n) is 3.11. The van der Waals surface area contributed by atoms with Crippen molar-refractivity contribution in [1.82, 2.24) is 15.0 Å². The van der Waals surface area contributed by atoms with Crippen LogP contribution in [0.3, 0.4) is 0 Å². The Balaban J connectivity index is 1.92. The third kappa shape index (κ3) is 2.82. The zero-order valence-electron chi connectivity index (χ0n) is 14.2. The van der Waals surface area contributed by atoms with E-state index in [1.54, 1.807) is 0 Å². The van der Waals surface area contributed by atoms with Gasteiger partial charge in [-0.2, -0.15) is 15.0 Å². The van der Waals surface area contributed by atoms with E-state index in [-0.39, 0.29) is 11.7 Å². The summed E-state index contributed by atoms with van der Waals surface area (Å²) in [6.07, 6.45) is 3.74. The highest BCUT2D eigenvalue weighted by molar-refractivity contribution is 5.46. The first-order valence-corrected chi connectivity index (χ1v) is 7.92. The molecule has 1 unspecified atom stereocenters. The summed E-state index contributed by atoms with van der Waals surface area (Å²) >= 11 is 0. The molecule has 7 heteroatoms. The van der Waals surface area contributed by atoms with Crippen molar-refractivity contribution in [2.45, 2.75) is 37.9 Å². The van der Waals surface area contributed by atoms with E-state index in [9.17, 15) is 0 Å². The number of aromatic nitrogens is 3. The van der Waals surface area contributed by atoms with Gasteiger partial charge in [-0.25, -0.2) is 0 Å². The molecule has 0 aromatic carbocycles. The predicted octanol–water partition coefficient (Wildman–Crippen LogP) is 1.15. The lowest BCUT2D eigenvalue weighted by Gasteiger charge is -2.50. The first-order chi connectivity index (χ1) is 10.4. The van der Waals surface area contributed by atoms with Crippen molar-refractivity contribution in [3.63, 3.8) is 0 Å². The predicted molar refractivity (Wildman–Crippen MR) is 87.8 cm³/mol. The van der Waals surface area contributed by atoms with E-state index in [0.29, 0.717) is 11.9 Å². The van der Waals surface area contributed by atoms with Crippen LogP contribution in [-0.4, -0.2) is 67.9 Å². The number of morpholine rings is 1. The molecule has 122 valence electrons. The van der Waals surface area contributed by atoms with Gasteiger partial charge in [0.2, 0.25) is 17.8 Å². The zero-order valence-corrected chi connectivity index (χ0v) is 14.2. The summed E-state index contributed by atoms with van der Waals surface area (Å²) in [6.45, 7) is 3.83. The fourth-order valence-corrected chi connectivity index (χ4v) is 3.11. The molecule has 0 N–H and O–H groups in total. The molecular formula is C15H26N6O. The molecule has 2 heterocycles. The van der Waals surface area contributed by atoms with Crippen LogP contribution in [0.25, 0.3) is 0 Å². The van der Waals surface area contributed by atoms with Crippen LogP contribution in [0.5, 0.6) is 0 Å². The first kappa shape index (κ1) is 15.3. The normalized spacial score (nSPS) is 23.3. The summed E-state index contributed by atoms with van der Waals surface area (Å²) in [6, 6.07) is 0. The topological polar surface area (TPSA) is 57.6 Å².